The van der Waals surface area contributed by atoms with E-state index in [0.29, 0.717) is 28.5 Å². The number of carbonyl (C=O) groups is 1. The smallest absolute Gasteiger partial charge is 0.338 e. The summed E-state index contributed by atoms with van der Waals surface area (Å²) < 4.78 is 14.4. The molecule has 2 aliphatic rings. The minimum absolute atomic E-state index is 0.183. The summed E-state index contributed by atoms with van der Waals surface area (Å²) in [5.74, 6) is -1.49. The molecule has 0 aromatic heterocycles. The van der Waals surface area contributed by atoms with E-state index in [1.165, 1.54) is 6.07 Å². The van der Waals surface area contributed by atoms with Gasteiger partial charge in [0, 0.05) is 48.3 Å². The Kier molecular flexibility index (Phi) is 6.59. The average Bonchev–Trinajstić information content (AvgIpc) is 3.52. The van der Waals surface area contributed by atoms with Gasteiger partial charge in [0.25, 0.3) is 0 Å². The van der Waals surface area contributed by atoms with Crippen LogP contribution >= 0.6 is 23.2 Å². The van der Waals surface area contributed by atoms with Crippen molar-refractivity contribution in [3.8, 4) is 0 Å². The number of rotatable bonds is 6. The fraction of sp³-hybridized carbons (Fsp3) is 0.458. The molecule has 1 unspecified atom stereocenters. The Morgan fingerprint density at radius 2 is 1.84 bits per heavy atom. The second kappa shape index (κ2) is 9.07. The van der Waals surface area contributed by atoms with Crippen LogP contribution in [0.25, 0.3) is 0 Å². The maximum atomic E-state index is 14.4. The van der Waals surface area contributed by atoms with Gasteiger partial charge in [-0.25, -0.2) is 9.18 Å². The molecule has 1 saturated carbocycles. The second-order valence-corrected chi connectivity index (χ2v) is 9.68. The minimum atomic E-state index is -1.21. The molecule has 4 rings (SSSR count). The Balaban J connectivity index is 1.47. The van der Waals surface area contributed by atoms with Crippen molar-refractivity contribution >= 4 is 29.2 Å². The SMILES string of the molecule is CC(c1cc(Cl)cc(Cl)c1)N1CCN(Cc2cc(F)c(C(=O)O)cc2C2CC2)C[C@@H]1C. The summed E-state index contributed by atoms with van der Waals surface area (Å²) in [6, 6.07) is 9.14. The fourth-order valence-electron chi connectivity index (χ4n) is 4.72. The zero-order valence-electron chi connectivity index (χ0n) is 17.7. The van der Waals surface area contributed by atoms with Crippen LogP contribution in [0.5, 0.6) is 0 Å². The molecule has 1 heterocycles. The van der Waals surface area contributed by atoms with E-state index >= 15 is 0 Å². The Labute approximate surface area is 192 Å². The van der Waals surface area contributed by atoms with Crippen LogP contribution in [0, 0.1) is 5.82 Å². The van der Waals surface area contributed by atoms with Crippen molar-refractivity contribution in [2.24, 2.45) is 0 Å². The topological polar surface area (TPSA) is 43.8 Å². The molecule has 31 heavy (non-hydrogen) atoms. The average molecular weight is 465 g/mol. The van der Waals surface area contributed by atoms with Crippen LogP contribution in [0.2, 0.25) is 10.0 Å². The molecule has 1 N–H and O–H groups in total. The van der Waals surface area contributed by atoms with Crippen molar-refractivity contribution < 1.29 is 14.3 Å². The molecule has 1 aliphatic carbocycles. The van der Waals surface area contributed by atoms with Crippen LogP contribution in [-0.2, 0) is 6.54 Å². The summed E-state index contributed by atoms with van der Waals surface area (Å²) in [5.41, 5.74) is 2.79. The molecule has 2 aromatic carbocycles. The molecule has 7 heteroatoms. The first-order chi connectivity index (χ1) is 14.7. The Morgan fingerprint density at radius 3 is 2.42 bits per heavy atom. The van der Waals surface area contributed by atoms with E-state index in [1.54, 1.807) is 12.1 Å². The first-order valence-electron chi connectivity index (χ1n) is 10.7. The van der Waals surface area contributed by atoms with E-state index < -0.39 is 11.8 Å². The minimum Gasteiger partial charge on any atom is -0.478 e. The first kappa shape index (κ1) is 22.5. The fourth-order valence-corrected chi connectivity index (χ4v) is 5.26. The molecular weight excluding hydrogens is 438 g/mol. The number of aromatic carboxylic acids is 1. The molecule has 166 valence electrons. The van der Waals surface area contributed by atoms with Crippen LogP contribution in [0.4, 0.5) is 4.39 Å². The predicted octanol–water partition coefficient (Wildman–Crippen LogP) is 5.98. The molecule has 0 bridgehead atoms. The molecule has 0 spiro atoms. The van der Waals surface area contributed by atoms with E-state index in [-0.39, 0.29) is 11.6 Å². The zero-order valence-corrected chi connectivity index (χ0v) is 19.3. The predicted molar refractivity (Wildman–Crippen MR) is 122 cm³/mol. The highest BCUT2D eigenvalue weighted by Gasteiger charge is 2.31. The van der Waals surface area contributed by atoms with E-state index in [9.17, 15) is 14.3 Å². The molecule has 1 aliphatic heterocycles. The number of benzene rings is 2. The van der Waals surface area contributed by atoms with Gasteiger partial charge in [-0.1, -0.05) is 23.2 Å². The van der Waals surface area contributed by atoms with Crippen molar-refractivity contribution in [2.75, 3.05) is 19.6 Å². The van der Waals surface area contributed by atoms with Crippen molar-refractivity contribution in [3.63, 3.8) is 0 Å². The number of hydrogen-bond acceptors (Lipinski definition) is 3. The highest BCUT2D eigenvalue weighted by molar-refractivity contribution is 6.34. The standard InChI is InChI=1S/C24H27Cl2FN2O2/c1-14-12-28(5-6-29(14)15(2)17-7-19(25)10-20(26)8-17)13-18-9-23(27)22(24(30)31)11-21(18)16-3-4-16/h7-11,14-16H,3-6,12-13H2,1-2H3,(H,30,31)/t14-,15?/m0/s1. The summed E-state index contributed by atoms with van der Waals surface area (Å²) in [6.07, 6.45) is 2.09. The van der Waals surface area contributed by atoms with E-state index in [2.05, 4.69) is 23.6 Å². The normalized spacial score (nSPS) is 21.3. The highest BCUT2D eigenvalue weighted by Crippen LogP contribution is 2.43. The van der Waals surface area contributed by atoms with Gasteiger partial charge in [-0.05, 0) is 79.6 Å². The number of nitrogens with zero attached hydrogens (tertiary/aromatic N) is 2. The maximum Gasteiger partial charge on any atom is 0.338 e. The first-order valence-corrected chi connectivity index (χ1v) is 11.5. The second-order valence-electron chi connectivity index (χ2n) is 8.81. The van der Waals surface area contributed by atoms with Crippen LogP contribution < -0.4 is 0 Å². The number of carboxylic acid groups (broad SMARTS) is 1. The summed E-state index contributed by atoms with van der Waals surface area (Å²) in [6.45, 7) is 7.59. The van der Waals surface area contributed by atoms with Gasteiger partial charge in [0.1, 0.15) is 5.82 Å². The zero-order chi connectivity index (χ0) is 22.3. The summed E-state index contributed by atoms with van der Waals surface area (Å²) in [4.78, 5) is 16.1. The van der Waals surface area contributed by atoms with Gasteiger partial charge in [0.05, 0.1) is 5.56 Å². The van der Waals surface area contributed by atoms with Crippen LogP contribution in [0.15, 0.2) is 30.3 Å². The van der Waals surface area contributed by atoms with Gasteiger partial charge >= 0.3 is 5.97 Å². The molecule has 2 fully saturated rings. The lowest BCUT2D eigenvalue weighted by Gasteiger charge is -2.43. The molecule has 0 radical (unpaired) electrons. The van der Waals surface area contributed by atoms with Crippen molar-refractivity contribution in [1.82, 2.24) is 9.80 Å². The Hall–Kier alpha value is -1.66. The van der Waals surface area contributed by atoms with E-state index in [0.717, 1.165) is 49.2 Å². The third kappa shape index (κ3) is 5.06. The van der Waals surface area contributed by atoms with Gasteiger partial charge < -0.3 is 5.11 Å². The van der Waals surface area contributed by atoms with Gasteiger partial charge in [-0.3, -0.25) is 9.80 Å². The molecule has 4 nitrogen and oxygen atoms in total. The monoisotopic (exact) mass is 464 g/mol. The third-order valence-corrected chi connectivity index (χ3v) is 6.93. The summed E-state index contributed by atoms with van der Waals surface area (Å²) in [7, 11) is 0. The maximum absolute atomic E-state index is 14.4. The molecular formula is C24H27Cl2FN2O2. The van der Waals surface area contributed by atoms with Crippen LogP contribution in [-0.4, -0.2) is 46.6 Å². The third-order valence-electron chi connectivity index (χ3n) is 6.50. The quantitative estimate of drug-likeness (QED) is 0.571. The van der Waals surface area contributed by atoms with E-state index in [4.69, 9.17) is 23.2 Å². The van der Waals surface area contributed by atoms with Gasteiger partial charge in [0.15, 0.2) is 0 Å². The van der Waals surface area contributed by atoms with Crippen molar-refractivity contribution in [3.05, 3.63) is 68.4 Å². The van der Waals surface area contributed by atoms with Gasteiger partial charge in [-0.15, -0.1) is 0 Å². The van der Waals surface area contributed by atoms with E-state index in [1.807, 2.05) is 12.1 Å². The number of hydrogen-bond donors (Lipinski definition) is 1. The molecule has 2 atom stereocenters. The highest BCUT2D eigenvalue weighted by atomic mass is 35.5. The lowest BCUT2D eigenvalue weighted by molar-refractivity contribution is 0.0503. The van der Waals surface area contributed by atoms with Gasteiger partial charge in [0.2, 0.25) is 0 Å². The number of piperazine rings is 1. The summed E-state index contributed by atoms with van der Waals surface area (Å²) >= 11 is 12.4. The number of carboxylic acids is 1. The Morgan fingerprint density at radius 1 is 1.16 bits per heavy atom. The molecule has 0 amide bonds. The van der Waals surface area contributed by atoms with Crippen molar-refractivity contribution in [2.45, 2.75) is 51.2 Å². The van der Waals surface area contributed by atoms with Crippen LogP contribution in [0.3, 0.4) is 0 Å². The molecule has 2 aromatic rings. The van der Waals surface area contributed by atoms with Crippen molar-refractivity contribution in [1.29, 1.82) is 0 Å². The number of halogens is 3. The Bertz CT molecular complexity index is 976. The van der Waals surface area contributed by atoms with Crippen LogP contribution in [0.1, 0.15) is 65.7 Å². The van der Waals surface area contributed by atoms with Gasteiger partial charge in [-0.2, -0.15) is 0 Å². The summed E-state index contributed by atoms with van der Waals surface area (Å²) in [5, 5.41) is 10.6. The lowest BCUT2D eigenvalue weighted by Crippen LogP contribution is -2.52. The lowest BCUT2D eigenvalue weighted by atomic mass is 9.98. The largest absolute Gasteiger partial charge is 0.478 e. The molecule has 1 saturated heterocycles.